The highest BCUT2D eigenvalue weighted by atomic mass is 16.5. The Morgan fingerprint density at radius 1 is 1.00 bits per heavy atom. The average Bonchev–Trinajstić information content (AvgIpc) is 2.95. The predicted octanol–water partition coefficient (Wildman–Crippen LogP) is 2.78. The molecule has 30 heavy (non-hydrogen) atoms. The van der Waals surface area contributed by atoms with E-state index in [-0.39, 0.29) is 5.56 Å². The van der Waals surface area contributed by atoms with Gasteiger partial charge in [-0.05, 0) is 45.7 Å². The highest BCUT2D eigenvalue weighted by Gasteiger charge is 2.52. The first-order valence-corrected chi connectivity index (χ1v) is 10.5. The van der Waals surface area contributed by atoms with Crippen LogP contribution in [0.5, 0.6) is 17.2 Å². The maximum absolute atomic E-state index is 12.9. The summed E-state index contributed by atoms with van der Waals surface area (Å²) >= 11 is 0. The maximum atomic E-state index is 12.9. The number of rotatable bonds is 8. The van der Waals surface area contributed by atoms with Gasteiger partial charge in [0.2, 0.25) is 5.75 Å². The van der Waals surface area contributed by atoms with E-state index in [9.17, 15) is 14.4 Å². The van der Waals surface area contributed by atoms with Crippen LogP contribution in [0, 0.1) is 0 Å². The van der Waals surface area contributed by atoms with E-state index in [1.54, 1.807) is 0 Å². The molecule has 0 aromatic heterocycles. The Kier molecular flexibility index (Phi) is 6.69. The van der Waals surface area contributed by atoms with E-state index in [1.165, 1.54) is 12.1 Å². The van der Waals surface area contributed by atoms with Crippen molar-refractivity contribution in [1.82, 2.24) is 15.8 Å². The van der Waals surface area contributed by atoms with Crippen molar-refractivity contribution in [2.45, 2.75) is 58.4 Å². The zero-order chi connectivity index (χ0) is 21.7. The molecule has 164 valence electrons. The van der Waals surface area contributed by atoms with Crippen molar-refractivity contribution in [3.05, 3.63) is 17.7 Å². The number of hydrogen-bond acceptors (Lipinski definition) is 6. The summed E-state index contributed by atoms with van der Waals surface area (Å²) in [5.41, 5.74) is 1.72. The maximum Gasteiger partial charge on any atom is 0.344 e. The summed E-state index contributed by atoms with van der Waals surface area (Å²) in [6.45, 7) is 6.61. The van der Waals surface area contributed by atoms with Crippen LogP contribution in [0.3, 0.4) is 0 Å². The molecule has 2 fully saturated rings. The Bertz CT molecular complexity index is 792. The van der Waals surface area contributed by atoms with Gasteiger partial charge in [0, 0.05) is 5.56 Å². The van der Waals surface area contributed by atoms with Crippen LogP contribution in [0.4, 0.5) is 4.79 Å². The molecule has 1 aliphatic heterocycles. The zero-order valence-corrected chi connectivity index (χ0v) is 17.7. The van der Waals surface area contributed by atoms with Gasteiger partial charge in [0.15, 0.2) is 11.5 Å². The van der Waals surface area contributed by atoms with Gasteiger partial charge >= 0.3 is 6.03 Å². The molecule has 0 bridgehead atoms. The molecule has 1 spiro atoms. The van der Waals surface area contributed by atoms with Crippen LogP contribution >= 0.6 is 0 Å². The van der Waals surface area contributed by atoms with Gasteiger partial charge in [0.25, 0.3) is 11.8 Å². The van der Waals surface area contributed by atoms with Crippen LogP contribution in [0.15, 0.2) is 12.1 Å². The predicted molar refractivity (Wildman–Crippen MR) is 109 cm³/mol. The summed E-state index contributed by atoms with van der Waals surface area (Å²) in [6, 6.07) is 2.42. The Morgan fingerprint density at radius 2 is 1.57 bits per heavy atom. The highest BCUT2D eigenvalue weighted by molar-refractivity contribution is 6.09. The fourth-order valence-corrected chi connectivity index (χ4v) is 3.90. The smallest absolute Gasteiger partial charge is 0.344 e. The minimum Gasteiger partial charge on any atom is -0.490 e. The number of carbonyl (C=O) groups excluding carboxylic acids is 3. The Hall–Kier alpha value is -2.97. The molecule has 1 aromatic carbocycles. The van der Waals surface area contributed by atoms with Gasteiger partial charge in [-0.25, -0.2) is 4.79 Å². The molecular formula is C21H29N3O6. The molecule has 1 heterocycles. The quantitative estimate of drug-likeness (QED) is 0.628. The number of carbonyl (C=O) groups is 3. The molecule has 9 nitrogen and oxygen atoms in total. The number of hydrogen-bond donors (Lipinski definition) is 2. The lowest BCUT2D eigenvalue weighted by molar-refractivity contribution is -0.134. The lowest BCUT2D eigenvalue weighted by Crippen LogP contribution is -2.50. The summed E-state index contributed by atoms with van der Waals surface area (Å²) in [7, 11) is 0. The fraction of sp³-hybridized carbons (Fsp3) is 0.571. The van der Waals surface area contributed by atoms with E-state index < -0.39 is 23.4 Å². The fourth-order valence-electron chi connectivity index (χ4n) is 3.90. The second kappa shape index (κ2) is 9.23. The van der Waals surface area contributed by atoms with Crippen molar-refractivity contribution >= 4 is 17.8 Å². The molecule has 1 aliphatic carbocycles. The summed E-state index contributed by atoms with van der Waals surface area (Å²) in [5, 5.41) is 3.55. The molecule has 0 unspecified atom stereocenters. The average molecular weight is 419 g/mol. The van der Waals surface area contributed by atoms with E-state index in [1.807, 2.05) is 20.8 Å². The van der Waals surface area contributed by atoms with Crippen molar-refractivity contribution < 1.29 is 28.6 Å². The molecule has 9 heteroatoms. The Labute approximate surface area is 176 Å². The Morgan fingerprint density at radius 3 is 2.10 bits per heavy atom. The minimum absolute atomic E-state index is 0.190. The molecule has 2 N–H and O–H groups in total. The zero-order valence-electron chi connectivity index (χ0n) is 17.7. The number of hydrazine groups is 1. The first-order valence-electron chi connectivity index (χ1n) is 10.5. The molecule has 0 radical (unpaired) electrons. The van der Waals surface area contributed by atoms with Crippen LogP contribution in [-0.2, 0) is 4.79 Å². The third-order valence-corrected chi connectivity index (χ3v) is 5.25. The molecule has 1 saturated heterocycles. The van der Waals surface area contributed by atoms with Crippen molar-refractivity contribution in [2.75, 3.05) is 19.8 Å². The molecular weight excluding hydrogens is 390 g/mol. The van der Waals surface area contributed by atoms with Crippen molar-refractivity contribution in [2.24, 2.45) is 0 Å². The van der Waals surface area contributed by atoms with Crippen molar-refractivity contribution in [3.8, 4) is 17.2 Å². The number of benzene rings is 1. The van der Waals surface area contributed by atoms with Gasteiger partial charge in [-0.3, -0.25) is 15.0 Å². The van der Waals surface area contributed by atoms with E-state index in [2.05, 4.69) is 10.7 Å². The van der Waals surface area contributed by atoms with Crippen LogP contribution in [0.2, 0.25) is 0 Å². The van der Waals surface area contributed by atoms with E-state index in [0.29, 0.717) is 49.9 Å². The molecule has 2 aliphatic rings. The van der Waals surface area contributed by atoms with Crippen LogP contribution < -0.4 is 25.0 Å². The van der Waals surface area contributed by atoms with E-state index >= 15 is 0 Å². The first kappa shape index (κ1) is 21.7. The van der Waals surface area contributed by atoms with E-state index in [0.717, 1.165) is 24.3 Å². The third kappa shape index (κ3) is 4.15. The molecule has 0 atom stereocenters. The van der Waals surface area contributed by atoms with Gasteiger partial charge < -0.3 is 19.5 Å². The van der Waals surface area contributed by atoms with Gasteiger partial charge in [0.1, 0.15) is 5.54 Å². The molecule has 1 saturated carbocycles. The number of urea groups is 1. The van der Waals surface area contributed by atoms with Crippen molar-refractivity contribution in [1.29, 1.82) is 0 Å². The molecule has 1 aromatic rings. The topological polar surface area (TPSA) is 106 Å². The molecule has 3 rings (SSSR count). The highest BCUT2D eigenvalue weighted by Crippen LogP contribution is 2.39. The second-order valence-electron chi connectivity index (χ2n) is 7.26. The number of nitrogens with one attached hydrogen (secondary N) is 2. The summed E-state index contributed by atoms with van der Waals surface area (Å²) in [4.78, 5) is 38.2. The van der Waals surface area contributed by atoms with Crippen LogP contribution in [-0.4, -0.2) is 48.2 Å². The monoisotopic (exact) mass is 419 g/mol. The van der Waals surface area contributed by atoms with Crippen molar-refractivity contribution in [3.63, 3.8) is 0 Å². The SMILES string of the molecule is CCOc1cc(C(=O)NN2C(=O)NC3(CCCCC3)C2=O)cc(OCC)c1OCC. The van der Waals surface area contributed by atoms with E-state index in [4.69, 9.17) is 14.2 Å². The van der Waals surface area contributed by atoms with Gasteiger partial charge in [-0.1, -0.05) is 19.3 Å². The summed E-state index contributed by atoms with van der Waals surface area (Å²) in [5.74, 6) is 0.0968. The third-order valence-electron chi connectivity index (χ3n) is 5.25. The van der Waals surface area contributed by atoms with Crippen LogP contribution in [0.1, 0.15) is 63.2 Å². The largest absolute Gasteiger partial charge is 0.490 e. The lowest BCUT2D eigenvalue weighted by atomic mass is 9.82. The van der Waals surface area contributed by atoms with Crippen LogP contribution in [0.25, 0.3) is 0 Å². The Balaban J connectivity index is 1.85. The first-order chi connectivity index (χ1) is 14.5. The normalized spacial score (nSPS) is 17.6. The van der Waals surface area contributed by atoms with Gasteiger partial charge in [0.05, 0.1) is 19.8 Å². The number of nitrogens with zero attached hydrogens (tertiary/aromatic N) is 1. The summed E-state index contributed by atoms with van der Waals surface area (Å²) in [6.07, 6.45) is 3.92. The number of ether oxygens (including phenoxy) is 3. The number of imide groups is 1. The molecule has 4 amide bonds. The van der Waals surface area contributed by atoms with Gasteiger partial charge in [-0.15, -0.1) is 0 Å². The van der Waals surface area contributed by atoms with Gasteiger partial charge in [-0.2, -0.15) is 5.01 Å². The lowest BCUT2D eigenvalue weighted by Gasteiger charge is -2.30. The minimum atomic E-state index is -0.908. The number of amides is 4. The summed E-state index contributed by atoms with van der Waals surface area (Å²) < 4.78 is 16.9. The second-order valence-corrected chi connectivity index (χ2v) is 7.26. The standard InChI is InChI=1S/C21H29N3O6/c1-4-28-15-12-14(13-16(29-5-2)17(15)30-6-3)18(25)23-24-19(26)21(22-20(24)27)10-8-7-9-11-21/h12-13H,4-11H2,1-3H3,(H,22,27)(H,23,25).